The van der Waals surface area contributed by atoms with Gasteiger partial charge >= 0.3 is 0 Å². The van der Waals surface area contributed by atoms with Gasteiger partial charge in [0.2, 0.25) is 10.0 Å². The van der Waals surface area contributed by atoms with Crippen LogP contribution in [-0.2, 0) is 16.4 Å². The van der Waals surface area contributed by atoms with Crippen molar-refractivity contribution in [3.8, 4) is 0 Å². The molecule has 0 aliphatic carbocycles. The molecular weight excluding hydrogens is 337 g/mol. The molecule has 2 aliphatic heterocycles. The number of hydrogen-bond acceptors (Lipinski definition) is 4. The summed E-state index contributed by atoms with van der Waals surface area (Å²) in [6.45, 7) is 0.986. The Bertz CT molecular complexity index is 617. The molecule has 1 fully saturated rings. The quantitative estimate of drug-likeness (QED) is 0.827. The average molecular weight is 350 g/mol. The zero-order chi connectivity index (χ0) is 13.6. The molecule has 0 bridgehead atoms. The van der Waals surface area contributed by atoms with E-state index in [0.717, 1.165) is 5.56 Å². The number of anilines is 1. The van der Waals surface area contributed by atoms with E-state index in [0.29, 0.717) is 30.5 Å². The van der Waals surface area contributed by atoms with Gasteiger partial charge in [-0.2, -0.15) is 0 Å². The second-order valence-electron chi connectivity index (χ2n) is 4.65. The Morgan fingerprint density at radius 1 is 1.32 bits per heavy atom. The highest BCUT2D eigenvalue weighted by atomic mass is 79.9. The van der Waals surface area contributed by atoms with Gasteiger partial charge in [-0.3, -0.25) is 15.2 Å². The Hall–Kier alpha value is -0.700. The number of nitrogens with zero attached hydrogens (tertiary/aromatic N) is 1. The SMILES string of the molecule is O=S(=O)(C1CNNC1)N1CCc2cc(Br)cc(F)c21. The van der Waals surface area contributed by atoms with Crippen LogP contribution in [0.5, 0.6) is 0 Å². The van der Waals surface area contributed by atoms with Crippen LogP contribution in [0.25, 0.3) is 0 Å². The van der Waals surface area contributed by atoms with E-state index in [1.807, 2.05) is 0 Å². The van der Waals surface area contributed by atoms with Crippen LogP contribution < -0.4 is 15.2 Å². The lowest BCUT2D eigenvalue weighted by Gasteiger charge is -2.23. The molecule has 0 atom stereocenters. The van der Waals surface area contributed by atoms with Gasteiger partial charge in [0.25, 0.3) is 0 Å². The Morgan fingerprint density at radius 2 is 2.00 bits per heavy atom. The lowest BCUT2D eigenvalue weighted by atomic mass is 10.2. The second kappa shape index (κ2) is 4.69. The Kier molecular flexibility index (Phi) is 3.28. The topological polar surface area (TPSA) is 61.4 Å². The van der Waals surface area contributed by atoms with Gasteiger partial charge in [0.05, 0.1) is 5.69 Å². The molecule has 0 saturated carbocycles. The van der Waals surface area contributed by atoms with Gasteiger partial charge in [-0.25, -0.2) is 12.8 Å². The number of fused-ring (bicyclic) bond motifs is 1. The first-order valence-electron chi connectivity index (χ1n) is 5.95. The highest BCUT2D eigenvalue weighted by Crippen LogP contribution is 2.36. The number of benzene rings is 1. The maximum atomic E-state index is 14.1. The largest absolute Gasteiger partial charge is 0.266 e. The standard InChI is InChI=1S/C11H13BrFN3O2S/c12-8-3-7-1-2-16(11(7)10(13)4-8)19(17,18)9-5-14-15-6-9/h3-4,9,14-15H,1-2,5-6H2. The fourth-order valence-electron chi connectivity index (χ4n) is 2.51. The highest BCUT2D eigenvalue weighted by Gasteiger charge is 2.39. The molecule has 2 aliphatic rings. The smallest absolute Gasteiger partial charge is 0.240 e. The molecule has 0 spiro atoms. The molecule has 0 aromatic heterocycles. The predicted molar refractivity (Wildman–Crippen MR) is 73.9 cm³/mol. The van der Waals surface area contributed by atoms with Gasteiger partial charge in [-0.05, 0) is 24.1 Å². The van der Waals surface area contributed by atoms with Crippen LogP contribution in [0.4, 0.5) is 10.1 Å². The molecule has 2 N–H and O–H groups in total. The number of hydrogen-bond donors (Lipinski definition) is 2. The summed E-state index contributed by atoms with van der Waals surface area (Å²) in [6.07, 6.45) is 0.540. The van der Waals surface area contributed by atoms with Gasteiger partial charge in [0.15, 0.2) is 0 Å². The van der Waals surface area contributed by atoms with Crippen LogP contribution in [0, 0.1) is 5.82 Å². The third-order valence-electron chi connectivity index (χ3n) is 3.45. The van der Waals surface area contributed by atoms with Gasteiger partial charge < -0.3 is 0 Å². The zero-order valence-corrected chi connectivity index (χ0v) is 12.4. The molecule has 0 amide bonds. The molecule has 1 aromatic carbocycles. The van der Waals surface area contributed by atoms with Crippen molar-refractivity contribution in [2.24, 2.45) is 0 Å². The summed E-state index contributed by atoms with van der Waals surface area (Å²) in [4.78, 5) is 0. The Morgan fingerprint density at radius 3 is 2.68 bits per heavy atom. The number of hydrazine groups is 1. The van der Waals surface area contributed by atoms with Crippen molar-refractivity contribution in [3.63, 3.8) is 0 Å². The van der Waals surface area contributed by atoms with E-state index in [4.69, 9.17) is 0 Å². The third-order valence-corrected chi connectivity index (χ3v) is 6.07. The van der Waals surface area contributed by atoms with Crippen LogP contribution in [0.15, 0.2) is 16.6 Å². The van der Waals surface area contributed by atoms with Crippen molar-refractivity contribution in [3.05, 3.63) is 28.0 Å². The fraction of sp³-hybridized carbons (Fsp3) is 0.455. The van der Waals surface area contributed by atoms with Gasteiger partial charge in [0, 0.05) is 24.1 Å². The predicted octanol–water partition coefficient (Wildman–Crippen LogP) is 0.757. The van der Waals surface area contributed by atoms with Crippen LogP contribution >= 0.6 is 15.9 Å². The van der Waals surface area contributed by atoms with Crippen molar-refractivity contribution >= 4 is 31.6 Å². The van der Waals surface area contributed by atoms with Crippen molar-refractivity contribution in [1.82, 2.24) is 10.9 Å². The Balaban J connectivity index is 2.02. The minimum atomic E-state index is -3.53. The van der Waals surface area contributed by atoms with E-state index in [-0.39, 0.29) is 5.69 Å². The van der Waals surface area contributed by atoms with Crippen molar-refractivity contribution in [2.45, 2.75) is 11.7 Å². The lowest BCUT2D eigenvalue weighted by Crippen LogP contribution is -2.40. The zero-order valence-electron chi connectivity index (χ0n) is 9.99. The van der Waals surface area contributed by atoms with E-state index in [2.05, 4.69) is 26.8 Å². The summed E-state index contributed by atoms with van der Waals surface area (Å²) < 4.78 is 40.9. The van der Waals surface area contributed by atoms with E-state index in [1.165, 1.54) is 10.4 Å². The molecule has 0 unspecified atom stereocenters. The number of nitrogens with one attached hydrogen (secondary N) is 2. The van der Waals surface area contributed by atoms with E-state index in [9.17, 15) is 12.8 Å². The van der Waals surface area contributed by atoms with Crippen LogP contribution in [0.3, 0.4) is 0 Å². The maximum Gasteiger partial charge on any atom is 0.240 e. The second-order valence-corrected chi connectivity index (χ2v) is 7.70. The molecule has 1 saturated heterocycles. The normalized spacial score (nSPS) is 20.0. The Labute approximate surface area is 119 Å². The molecule has 3 rings (SSSR count). The van der Waals surface area contributed by atoms with Crippen LogP contribution in [0.2, 0.25) is 0 Å². The highest BCUT2D eigenvalue weighted by molar-refractivity contribution is 9.10. The van der Waals surface area contributed by atoms with E-state index >= 15 is 0 Å². The molecular formula is C11H13BrFN3O2S. The van der Waals surface area contributed by atoms with Gasteiger partial charge in [-0.15, -0.1) is 0 Å². The average Bonchev–Trinajstić information content (AvgIpc) is 2.97. The molecule has 5 nitrogen and oxygen atoms in total. The number of halogens is 2. The number of sulfonamides is 1. The van der Waals surface area contributed by atoms with E-state index in [1.54, 1.807) is 6.07 Å². The summed E-state index contributed by atoms with van der Waals surface area (Å²) >= 11 is 3.22. The third kappa shape index (κ3) is 2.16. The molecule has 1 aromatic rings. The molecule has 0 radical (unpaired) electrons. The number of rotatable bonds is 2. The fourth-order valence-corrected chi connectivity index (χ4v) is 4.74. The summed E-state index contributed by atoms with van der Waals surface area (Å²) in [7, 11) is -3.53. The first-order valence-corrected chi connectivity index (χ1v) is 8.25. The van der Waals surface area contributed by atoms with Crippen molar-refractivity contribution in [1.29, 1.82) is 0 Å². The lowest BCUT2D eigenvalue weighted by molar-refractivity contribution is 0.578. The van der Waals surface area contributed by atoms with Crippen LogP contribution in [-0.4, -0.2) is 33.3 Å². The molecule has 8 heteroatoms. The molecule has 2 heterocycles. The minimum Gasteiger partial charge on any atom is -0.266 e. The summed E-state index contributed by atoms with van der Waals surface area (Å²) in [6, 6.07) is 3.08. The summed E-state index contributed by atoms with van der Waals surface area (Å²) in [5.74, 6) is -0.496. The van der Waals surface area contributed by atoms with Gasteiger partial charge in [0.1, 0.15) is 11.1 Å². The van der Waals surface area contributed by atoms with Crippen LogP contribution in [0.1, 0.15) is 5.56 Å². The van der Waals surface area contributed by atoms with Crippen molar-refractivity contribution in [2.75, 3.05) is 23.9 Å². The van der Waals surface area contributed by atoms with Gasteiger partial charge in [-0.1, -0.05) is 15.9 Å². The molecule has 19 heavy (non-hydrogen) atoms. The summed E-state index contributed by atoms with van der Waals surface area (Å²) in [5.41, 5.74) is 6.52. The first-order chi connectivity index (χ1) is 9.00. The minimum absolute atomic E-state index is 0.204. The maximum absolute atomic E-state index is 14.1. The first kappa shape index (κ1) is 13.3. The van der Waals surface area contributed by atoms with Crippen molar-refractivity contribution < 1.29 is 12.8 Å². The monoisotopic (exact) mass is 349 g/mol. The molecule has 104 valence electrons. The van der Waals surface area contributed by atoms with E-state index < -0.39 is 21.1 Å². The summed E-state index contributed by atoms with van der Waals surface area (Å²) in [5, 5.41) is -0.554.